The fourth-order valence-corrected chi connectivity index (χ4v) is 3.78. The predicted molar refractivity (Wildman–Crippen MR) is 117 cm³/mol. The first kappa shape index (κ1) is 23.4. The van der Waals surface area contributed by atoms with E-state index in [9.17, 15) is 9.18 Å². The number of hydrogen-bond acceptors (Lipinski definition) is 3. The van der Waals surface area contributed by atoms with E-state index in [1.54, 1.807) is 4.90 Å². The highest BCUT2D eigenvalue weighted by molar-refractivity contribution is 5.68. The van der Waals surface area contributed by atoms with Crippen LogP contribution in [0.5, 0.6) is 0 Å². The van der Waals surface area contributed by atoms with Crippen molar-refractivity contribution in [3.8, 4) is 0 Å². The molecule has 1 heterocycles. The Labute approximate surface area is 175 Å². The molecule has 2 rings (SSSR count). The largest absolute Gasteiger partial charge is 0.444 e. The quantitative estimate of drug-likeness (QED) is 0.618. The van der Waals surface area contributed by atoms with Crippen LogP contribution in [0.25, 0.3) is 0 Å². The summed E-state index contributed by atoms with van der Waals surface area (Å²) in [5.41, 5.74) is 1.85. The van der Waals surface area contributed by atoms with Crippen molar-refractivity contribution in [2.45, 2.75) is 71.9 Å². The van der Waals surface area contributed by atoms with Gasteiger partial charge in [0.1, 0.15) is 11.4 Å². The third kappa shape index (κ3) is 7.14. The smallest absolute Gasteiger partial charge is 0.410 e. The molecule has 1 atom stereocenters. The average molecular weight is 405 g/mol. The zero-order valence-electron chi connectivity index (χ0n) is 19.1. The first-order valence-corrected chi connectivity index (χ1v) is 10.5. The van der Waals surface area contributed by atoms with Crippen molar-refractivity contribution in [2.24, 2.45) is 0 Å². The van der Waals surface area contributed by atoms with Gasteiger partial charge in [0.25, 0.3) is 0 Å². The van der Waals surface area contributed by atoms with Gasteiger partial charge in [-0.05, 0) is 64.2 Å². The van der Waals surface area contributed by atoms with Gasteiger partial charge in [-0.1, -0.05) is 37.6 Å². The average Bonchev–Trinajstić information content (AvgIpc) is 2.59. The summed E-state index contributed by atoms with van der Waals surface area (Å²) < 4.78 is 18.9. The number of ether oxygens (including phenoxy) is 1. The minimum Gasteiger partial charge on any atom is -0.444 e. The molecule has 162 valence electrons. The number of piperazine rings is 1. The van der Waals surface area contributed by atoms with Gasteiger partial charge in [0, 0.05) is 32.2 Å². The van der Waals surface area contributed by atoms with Gasteiger partial charge in [-0.15, -0.1) is 0 Å². The molecule has 4 nitrogen and oxygen atoms in total. The van der Waals surface area contributed by atoms with E-state index in [2.05, 4.69) is 38.7 Å². The monoisotopic (exact) mass is 404 g/mol. The van der Waals surface area contributed by atoms with Crippen molar-refractivity contribution in [2.75, 3.05) is 26.2 Å². The van der Waals surface area contributed by atoms with Crippen LogP contribution in [0, 0.1) is 5.82 Å². The molecular formula is C24H37FN2O2. The number of rotatable bonds is 5. The highest BCUT2D eigenvalue weighted by atomic mass is 19.1. The SMILES string of the molecule is CC(C)=CC(CC(C)(C)c1ccc(F)cc1)N1CCN(C(=O)OC(C)(C)C)CC1. The Morgan fingerprint density at radius 3 is 2.10 bits per heavy atom. The van der Waals surface area contributed by atoms with E-state index in [0.717, 1.165) is 25.1 Å². The van der Waals surface area contributed by atoms with Gasteiger partial charge in [0.05, 0.1) is 0 Å². The zero-order valence-corrected chi connectivity index (χ0v) is 19.1. The fourth-order valence-electron chi connectivity index (χ4n) is 3.78. The second-order valence-electron chi connectivity index (χ2n) is 9.91. The van der Waals surface area contributed by atoms with Crippen LogP contribution in [0.1, 0.15) is 60.5 Å². The van der Waals surface area contributed by atoms with Crippen molar-refractivity contribution in [1.82, 2.24) is 9.80 Å². The molecule has 1 unspecified atom stereocenters. The summed E-state index contributed by atoms with van der Waals surface area (Å²) in [5, 5.41) is 0. The maximum absolute atomic E-state index is 13.3. The summed E-state index contributed by atoms with van der Waals surface area (Å²) in [6.45, 7) is 17.3. The molecule has 0 radical (unpaired) electrons. The molecule has 1 aromatic carbocycles. The maximum Gasteiger partial charge on any atom is 0.410 e. The minimum atomic E-state index is -0.474. The molecule has 0 aliphatic carbocycles. The molecular weight excluding hydrogens is 367 g/mol. The van der Waals surface area contributed by atoms with Crippen molar-refractivity contribution in [3.63, 3.8) is 0 Å². The van der Waals surface area contributed by atoms with Crippen LogP contribution < -0.4 is 0 Å². The van der Waals surface area contributed by atoms with Gasteiger partial charge >= 0.3 is 6.09 Å². The number of hydrogen-bond donors (Lipinski definition) is 0. The first-order chi connectivity index (χ1) is 13.4. The number of allylic oxidation sites excluding steroid dienone is 1. The summed E-state index contributed by atoms with van der Waals surface area (Å²) in [4.78, 5) is 16.6. The lowest BCUT2D eigenvalue weighted by Crippen LogP contribution is -2.53. The van der Waals surface area contributed by atoms with Gasteiger partial charge in [0.2, 0.25) is 0 Å². The third-order valence-corrected chi connectivity index (χ3v) is 5.31. The molecule has 1 aliphatic rings. The Bertz CT molecular complexity index is 707. The second-order valence-corrected chi connectivity index (χ2v) is 9.91. The molecule has 0 saturated carbocycles. The molecule has 1 aliphatic heterocycles. The van der Waals surface area contributed by atoms with E-state index in [0.29, 0.717) is 13.1 Å². The maximum atomic E-state index is 13.3. The van der Waals surface area contributed by atoms with Crippen LogP contribution in [-0.2, 0) is 10.2 Å². The van der Waals surface area contributed by atoms with Crippen molar-refractivity contribution >= 4 is 6.09 Å². The van der Waals surface area contributed by atoms with Gasteiger partial charge in [-0.25, -0.2) is 9.18 Å². The van der Waals surface area contributed by atoms with Gasteiger partial charge in [-0.3, -0.25) is 4.90 Å². The Hall–Kier alpha value is -1.88. The topological polar surface area (TPSA) is 32.8 Å². The lowest BCUT2D eigenvalue weighted by Gasteiger charge is -2.41. The lowest BCUT2D eigenvalue weighted by atomic mass is 9.78. The number of amides is 1. The van der Waals surface area contributed by atoms with Crippen LogP contribution >= 0.6 is 0 Å². The van der Waals surface area contributed by atoms with Gasteiger partial charge in [-0.2, -0.15) is 0 Å². The number of halogens is 1. The van der Waals surface area contributed by atoms with E-state index in [1.807, 2.05) is 32.9 Å². The summed E-state index contributed by atoms with van der Waals surface area (Å²) >= 11 is 0. The first-order valence-electron chi connectivity index (χ1n) is 10.5. The predicted octanol–water partition coefficient (Wildman–Crippen LogP) is 5.38. The van der Waals surface area contributed by atoms with E-state index >= 15 is 0 Å². The van der Waals surface area contributed by atoms with Gasteiger partial charge in [0.15, 0.2) is 0 Å². The Balaban J connectivity index is 2.07. The molecule has 1 amide bonds. The molecule has 0 spiro atoms. The second kappa shape index (κ2) is 9.29. The highest BCUT2D eigenvalue weighted by Gasteiger charge is 2.32. The number of carbonyl (C=O) groups is 1. The summed E-state index contributed by atoms with van der Waals surface area (Å²) in [6, 6.07) is 7.10. The number of carbonyl (C=O) groups excluding carboxylic acids is 1. The van der Waals surface area contributed by atoms with E-state index in [1.165, 1.54) is 17.7 Å². The van der Waals surface area contributed by atoms with Crippen LogP contribution in [0.4, 0.5) is 9.18 Å². The fraction of sp³-hybridized carbons (Fsp3) is 0.625. The Morgan fingerprint density at radius 2 is 1.62 bits per heavy atom. The number of nitrogens with zero attached hydrogens (tertiary/aromatic N) is 2. The van der Waals surface area contributed by atoms with Gasteiger partial charge < -0.3 is 9.64 Å². The lowest BCUT2D eigenvalue weighted by molar-refractivity contribution is 0.0112. The molecule has 1 saturated heterocycles. The number of benzene rings is 1. The van der Waals surface area contributed by atoms with Crippen LogP contribution in [0.3, 0.4) is 0 Å². The molecule has 0 N–H and O–H groups in total. The van der Waals surface area contributed by atoms with Crippen LogP contribution in [0.2, 0.25) is 0 Å². The van der Waals surface area contributed by atoms with Crippen molar-refractivity contribution in [1.29, 1.82) is 0 Å². The highest BCUT2D eigenvalue weighted by Crippen LogP contribution is 2.31. The van der Waals surface area contributed by atoms with Crippen LogP contribution in [0.15, 0.2) is 35.9 Å². The molecule has 1 aromatic rings. The molecule has 0 bridgehead atoms. The summed E-state index contributed by atoms with van der Waals surface area (Å²) in [5.74, 6) is -0.205. The Kier molecular flexibility index (Phi) is 7.50. The van der Waals surface area contributed by atoms with E-state index in [4.69, 9.17) is 4.74 Å². The molecule has 0 aromatic heterocycles. The van der Waals surface area contributed by atoms with Crippen molar-refractivity contribution < 1.29 is 13.9 Å². The molecule has 5 heteroatoms. The minimum absolute atomic E-state index is 0.0907. The van der Waals surface area contributed by atoms with E-state index < -0.39 is 5.60 Å². The van der Waals surface area contributed by atoms with Crippen LogP contribution in [-0.4, -0.2) is 53.7 Å². The van der Waals surface area contributed by atoms with Crippen molar-refractivity contribution in [3.05, 3.63) is 47.3 Å². The zero-order chi connectivity index (χ0) is 21.8. The molecule has 29 heavy (non-hydrogen) atoms. The third-order valence-electron chi connectivity index (χ3n) is 5.31. The summed E-state index contributed by atoms with van der Waals surface area (Å²) in [7, 11) is 0. The summed E-state index contributed by atoms with van der Waals surface area (Å²) in [6.07, 6.45) is 3.01. The normalized spacial score (nSPS) is 17.0. The standard InChI is InChI=1S/C24H37FN2O2/c1-18(2)16-21(17-24(6,7)19-8-10-20(25)11-9-19)26-12-14-27(15-13-26)22(28)29-23(3,4)5/h8-11,16,21H,12-15,17H2,1-7H3. The Morgan fingerprint density at radius 1 is 1.07 bits per heavy atom. The van der Waals surface area contributed by atoms with E-state index in [-0.39, 0.29) is 23.4 Å². The molecule has 1 fully saturated rings.